The number of nitrogens with zero attached hydrogens (tertiary/aromatic N) is 2. The number of amides is 1. The van der Waals surface area contributed by atoms with Gasteiger partial charge in [0.1, 0.15) is 0 Å². The van der Waals surface area contributed by atoms with Crippen LogP contribution in [0.25, 0.3) is 0 Å². The number of halogens is 4. The molecule has 6 nitrogen and oxygen atoms in total. The molecule has 0 unspecified atom stereocenters. The average Bonchev–Trinajstić information content (AvgIpc) is 3.05. The fraction of sp³-hybridized carbons (Fsp3) is 0.263. The molecule has 2 aromatic rings. The lowest BCUT2D eigenvalue weighted by Gasteiger charge is -2.32. The van der Waals surface area contributed by atoms with Crippen LogP contribution in [-0.2, 0) is 4.79 Å². The number of hydrogen-bond donors (Lipinski definition) is 1. The van der Waals surface area contributed by atoms with Gasteiger partial charge in [-0.15, -0.1) is 0 Å². The maximum absolute atomic E-state index is 13.6. The van der Waals surface area contributed by atoms with Crippen LogP contribution < -0.4 is 9.47 Å². The minimum absolute atomic E-state index is 0.0403. The van der Waals surface area contributed by atoms with Gasteiger partial charge in [0.15, 0.2) is 18.1 Å². The Bertz CT molecular complexity index is 951. The van der Waals surface area contributed by atoms with Gasteiger partial charge in [-0.2, -0.15) is 23.3 Å². The zero-order valence-electron chi connectivity index (χ0n) is 15.1. The van der Waals surface area contributed by atoms with E-state index in [9.17, 15) is 23.1 Å². The Kier molecular flexibility index (Phi) is 5.85. The molecule has 29 heavy (non-hydrogen) atoms. The van der Waals surface area contributed by atoms with E-state index >= 15 is 0 Å². The van der Waals surface area contributed by atoms with Crippen molar-refractivity contribution in [1.29, 1.82) is 0 Å². The highest BCUT2D eigenvalue weighted by molar-refractivity contribution is 9.10. The van der Waals surface area contributed by atoms with Crippen LogP contribution in [0.1, 0.15) is 12.0 Å². The molecule has 3 rings (SSSR count). The fourth-order valence-electron chi connectivity index (χ4n) is 2.80. The molecule has 0 aliphatic carbocycles. The first-order valence-corrected chi connectivity index (χ1v) is 9.16. The minimum atomic E-state index is -5.12. The highest BCUT2D eigenvalue weighted by Gasteiger charge is 2.63. The van der Waals surface area contributed by atoms with Crippen molar-refractivity contribution in [3.05, 3.63) is 58.6 Å². The zero-order valence-corrected chi connectivity index (χ0v) is 16.7. The van der Waals surface area contributed by atoms with Crippen LogP contribution in [0.3, 0.4) is 0 Å². The van der Waals surface area contributed by atoms with Crippen molar-refractivity contribution in [2.75, 3.05) is 13.7 Å². The van der Waals surface area contributed by atoms with Gasteiger partial charge in [-0.3, -0.25) is 4.79 Å². The van der Waals surface area contributed by atoms with E-state index in [4.69, 9.17) is 9.47 Å². The molecular formula is C19H16BrF3N2O4. The number of benzene rings is 2. The molecule has 0 saturated carbocycles. The number of carbonyl (C=O) groups is 1. The third kappa shape index (κ3) is 4.23. The average molecular weight is 473 g/mol. The Labute approximate surface area is 172 Å². The Balaban J connectivity index is 1.87. The largest absolute Gasteiger partial charge is 0.493 e. The van der Waals surface area contributed by atoms with Gasteiger partial charge >= 0.3 is 6.18 Å². The molecule has 0 radical (unpaired) electrons. The van der Waals surface area contributed by atoms with Crippen LogP contribution in [0.15, 0.2) is 58.1 Å². The molecule has 0 aromatic heterocycles. The molecule has 1 atom stereocenters. The molecule has 1 aliphatic rings. The predicted molar refractivity (Wildman–Crippen MR) is 102 cm³/mol. The van der Waals surface area contributed by atoms with Crippen molar-refractivity contribution in [2.24, 2.45) is 5.10 Å². The summed E-state index contributed by atoms with van der Waals surface area (Å²) in [6.07, 6.45) is -6.02. The Hall–Kier alpha value is -2.59. The van der Waals surface area contributed by atoms with Crippen LogP contribution in [0.2, 0.25) is 0 Å². The summed E-state index contributed by atoms with van der Waals surface area (Å²) in [7, 11) is 1.39. The number of hydrogen-bond acceptors (Lipinski definition) is 5. The molecule has 1 aliphatic heterocycles. The van der Waals surface area contributed by atoms with Crippen LogP contribution in [0.5, 0.6) is 11.5 Å². The van der Waals surface area contributed by atoms with E-state index in [0.29, 0.717) is 15.8 Å². The van der Waals surface area contributed by atoms with Gasteiger partial charge in [-0.05, 0) is 29.8 Å². The van der Waals surface area contributed by atoms with Crippen molar-refractivity contribution in [1.82, 2.24) is 5.01 Å². The first-order chi connectivity index (χ1) is 13.7. The molecule has 0 bridgehead atoms. The van der Waals surface area contributed by atoms with Gasteiger partial charge in [0.05, 0.1) is 19.2 Å². The molecule has 1 N–H and O–H groups in total. The maximum Gasteiger partial charge on any atom is 0.438 e. The standard InChI is InChI=1S/C19H16BrF3N2O4/c1-28-15-7-2-3-8-16(15)29-11-17(26)25-18(27,19(21,22)23)10-14(24-25)12-5-4-6-13(20)9-12/h2-9,27H,10-11H2,1H3/t18-/m1/s1. The lowest BCUT2D eigenvalue weighted by atomic mass is 10.0. The third-order valence-corrected chi connectivity index (χ3v) is 4.75. The van der Waals surface area contributed by atoms with Crippen LogP contribution >= 0.6 is 15.9 Å². The van der Waals surface area contributed by atoms with Gasteiger partial charge in [0.2, 0.25) is 0 Å². The van der Waals surface area contributed by atoms with Crippen molar-refractivity contribution in [2.45, 2.75) is 18.3 Å². The third-order valence-electron chi connectivity index (χ3n) is 4.25. The molecule has 1 amide bonds. The second-order valence-corrected chi connectivity index (χ2v) is 7.11. The van der Waals surface area contributed by atoms with E-state index in [2.05, 4.69) is 21.0 Å². The highest BCUT2D eigenvalue weighted by atomic mass is 79.9. The summed E-state index contributed by atoms with van der Waals surface area (Å²) in [5.74, 6) is -0.666. The van der Waals surface area contributed by atoms with E-state index in [1.165, 1.54) is 13.2 Å². The SMILES string of the molecule is COc1ccccc1OCC(=O)N1N=C(c2cccc(Br)c2)C[C@@]1(O)C(F)(F)F. The van der Waals surface area contributed by atoms with Gasteiger partial charge in [0, 0.05) is 4.47 Å². The summed E-state index contributed by atoms with van der Waals surface area (Å²) < 4.78 is 51.8. The molecule has 2 aromatic carbocycles. The number of para-hydroxylation sites is 2. The summed E-state index contributed by atoms with van der Waals surface area (Å²) >= 11 is 3.23. The number of rotatable bonds is 5. The van der Waals surface area contributed by atoms with E-state index in [1.54, 1.807) is 42.5 Å². The summed E-state index contributed by atoms with van der Waals surface area (Å²) in [5, 5.41) is 14.1. The van der Waals surface area contributed by atoms with Crippen molar-refractivity contribution in [3.63, 3.8) is 0 Å². The summed E-state index contributed by atoms with van der Waals surface area (Å²) in [5.41, 5.74) is -3.19. The molecule has 1 heterocycles. The van der Waals surface area contributed by atoms with Gasteiger partial charge in [-0.1, -0.05) is 40.2 Å². The number of aliphatic hydroxyl groups is 1. The highest BCUT2D eigenvalue weighted by Crippen LogP contribution is 2.41. The first-order valence-electron chi connectivity index (χ1n) is 8.37. The van der Waals surface area contributed by atoms with Gasteiger partial charge in [0.25, 0.3) is 11.6 Å². The summed E-state index contributed by atoms with van der Waals surface area (Å²) in [4.78, 5) is 12.5. The minimum Gasteiger partial charge on any atom is -0.493 e. The molecule has 154 valence electrons. The van der Waals surface area contributed by atoms with Crippen LogP contribution in [-0.4, -0.2) is 47.4 Å². The van der Waals surface area contributed by atoms with Crippen LogP contribution in [0.4, 0.5) is 13.2 Å². The second-order valence-electron chi connectivity index (χ2n) is 6.19. The predicted octanol–water partition coefficient (Wildman–Crippen LogP) is 3.72. The number of carbonyl (C=O) groups excluding carboxylic acids is 1. The molecule has 0 spiro atoms. The number of hydrazone groups is 1. The zero-order chi connectivity index (χ0) is 21.2. The summed E-state index contributed by atoms with van der Waals surface area (Å²) in [6, 6.07) is 12.8. The van der Waals surface area contributed by atoms with Crippen LogP contribution in [0, 0.1) is 0 Å². The number of ether oxygens (including phenoxy) is 2. The van der Waals surface area contributed by atoms with Gasteiger partial charge < -0.3 is 14.6 Å². The maximum atomic E-state index is 13.6. The van der Waals surface area contributed by atoms with E-state index in [0.717, 1.165) is 0 Å². The molecular weight excluding hydrogens is 457 g/mol. The smallest absolute Gasteiger partial charge is 0.438 e. The quantitative estimate of drug-likeness (QED) is 0.719. The van der Waals surface area contributed by atoms with Crippen molar-refractivity contribution in [3.8, 4) is 11.5 Å². The number of methoxy groups -OCH3 is 1. The first kappa shape index (κ1) is 21.1. The lowest BCUT2D eigenvalue weighted by molar-refractivity contribution is -0.302. The van der Waals surface area contributed by atoms with Gasteiger partial charge in [-0.25, -0.2) is 0 Å². The molecule has 0 saturated heterocycles. The number of alkyl halides is 3. The monoisotopic (exact) mass is 472 g/mol. The molecule has 0 fully saturated rings. The summed E-state index contributed by atoms with van der Waals surface area (Å²) in [6.45, 7) is -0.770. The second kappa shape index (κ2) is 8.03. The Morgan fingerprint density at radius 3 is 2.55 bits per heavy atom. The molecule has 10 heteroatoms. The normalized spacial score (nSPS) is 19.1. The Morgan fingerprint density at radius 1 is 1.24 bits per heavy atom. The van der Waals surface area contributed by atoms with E-state index in [-0.39, 0.29) is 16.5 Å². The fourth-order valence-corrected chi connectivity index (χ4v) is 3.20. The Morgan fingerprint density at radius 2 is 1.93 bits per heavy atom. The van der Waals surface area contributed by atoms with Crippen molar-refractivity contribution >= 4 is 27.5 Å². The van der Waals surface area contributed by atoms with E-state index in [1.807, 2.05) is 0 Å². The topological polar surface area (TPSA) is 71.4 Å². The lowest BCUT2D eigenvalue weighted by Crippen LogP contribution is -2.57. The van der Waals surface area contributed by atoms with E-state index < -0.39 is 30.8 Å². The van der Waals surface area contributed by atoms with Crippen molar-refractivity contribution < 1.29 is 32.5 Å².